The first-order valence-corrected chi connectivity index (χ1v) is 5.03. The second kappa shape index (κ2) is 4.50. The van der Waals surface area contributed by atoms with Gasteiger partial charge in [0.1, 0.15) is 11.6 Å². The van der Waals surface area contributed by atoms with Gasteiger partial charge in [-0.1, -0.05) is 5.16 Å². The summed E-state index contributed by atoms with van der Waals surface area (Å²) in [6, 6.07) is 2.64. The number of halogens is 1. The molecule has 0 atom stereocenters. The van der Waals surface area contributed by atoms with Gasteiger partial charge in [0.15, 0.2) is 0 Å². The Labute approximate surface area is 97.4 Å². The van der Waals surface area contributed by atoms with E-state index in [1.165, 1.54) is 19.2 Å². The molecule has 5 nitrogen and oxygen atoms in total. The van der Waals surface area contributed by atoms with Crippen molar-refractivity contribution in [3.63, 3.8) is 0 Å². The quantitative estimate of drug-likeness (QED) is 0.878. The first kappa shape index (κ1) is 11.5. The van der Waals surface area contributed by atoms with E-state index in [2.05, 4.69) is 10.1 Å². The Morgan fingerprint density at radius 3 is 2.82 bits per heavy atom. The summed E-state index contributed by atoms with van der Waals surface area (Å²) in [5, 5.41) is 3.75. The van der Waals surface area contributed by atoms with Gasteiger partial charge in [-0.15, -0.1) is 0 Å². The summed E-state index contributed by atoms with van der Waals surface area (Å²) in [5.41, 5.74) is 6.65. The van der Waals surface area contributed by atoms with Crippen LogP contribution in [-0.2, 0) is 6.54 Å². The van der Waals surface area contributed by atoms with E-state index >= 15 is 0 Å². The van der Waals surface area contributed by atoms with Crippen LogP contribution in [-0.4, -0.2) is 17.3 Å². The van der Waals surface area contributed by atoms with E-state index in [-0.39, 0.29) is 6.54 Å². The molecule has 0 saturated carbocycles. The highest BCUT2D eigenvalue weighted by atomic mass is 19.1. The number of benzene rings is 1. The molecule has 0 amide bonds. The summed E-state index contributed by atoms with van der Waals surface area (Å²) in [6.45, 7) is 1.95. The van der Waals surface area contributed by atoms with Gasteiger partial charge in [0.2, 0.25) is 11.7 Å². The molecule has 1 aromatic heterocycles. The van der Waals surface area contributed by atoms with Crippen LogP contribution in [0.4, 0.5) is 4.39 Å². The van der Waals surface area contributed by atoms with E-state index in [0.29, 0.717) is 23.0 Å². The first-order chi connectivity index (χ1) is 8.15. The van der Waals surface area contributed by atoms with Crippen LogP contribution >= 0.6 is 0 Å². The number of ether oxygens (including phenoxy) is 1. The second-order valence-corrected chi connectivity index (χ2v) is 3.50. The molecule has 0 aliphatic rings. The number of methoxy groups -OCH3 is 1. The minimum atomic E-state index is -0.415. The van der Waals surface area contributed by atoms with Crippen molar-refractivity contribution in [1.29, 1.82) is 0 Å². The normalized spacial score (nSPS) is 10.6. The number of aromatic nitrogens is 2. The minimum absolute atomic E-state index is 0.151. The first-order valence-electron chi connectivity index (χ1n) is 5.03. The SMILES string of the molecule is COc1cc(F)cc(-c2noc(CN)n2)c1C. The molecule has 1 aromatic carbocycles. The molecule has 0 saturated heterocycles. The lowest BCUT2D eigenvalue weighted by atomic mass is 10.1. The van der Waals surface area contributed by atoms with Crippen LogP contribution in [0.5, 0.6) is 5.75 Å². The van der Waals surface area contributed by atoms with Crippen LogP contribution in [0.25, 0.3) is 11.4 Å². The topological polar surface area (TPSA) is 74.2 Å². The lowest BCUT2D eigenvalue weighted by Gasteiger charge is -2.07. The molecule has 6 heteroatoms. The van der Waals surface area contributed by atoms with Crippen molar-refractivity contribution in [3.8, 4) is 17.1 Å². The standard InChI is InChI=1S/C11H12FN3O2/c1-6-8(3-7(12)4-9(6)16-2)11-14-10(5-13)17-15-11/h3-4H,5,13H2,1-2H3. The van der Waals surface area contributed by atoms with E-state index < -0.39 is 5.82 Å². The number of hydrogen-bond acceptors (Lipinski definition) is 5. The summed E-state index contributed by atoms with van der Waals surface area (Å²) in [5.74, 6) is 0.643. The molecular weight excluding hydrogens is 225 g/mol. The lowest BCUT2D eigenvalue weighted by Crippen LogP contribution is -1.96. The van der Waals surface area contributed by atoms with Gasteiger partial charge < -0.3 is 15.0 Å². The Balaban J connectivity index is 2.54. The molecular formula is C11H12FN3O2. The van der Waals surface area contributed by atoms with Gasteiger partial charge in [0.25, 0.3) is 0 Å². The van der Waals surface area contributed by atoms with Crippen LogP contribution in [0.15, 0.2) is 16.7 Å². The number of rotatable bonds is 3. The summed E-state index contributed by atoms with van der Waals surface area (Å²) in [6.07, 6.45) is 0. The predicted octanol–water partition coefficient (Wildman–Crippen LogP) is 1.65. The summed E-state index contributed by atoms with van der Waals surface area (Å²) in [4.78, 5) is 4.05. The number of nitrogens with zero attached hydrogens (tertiary/aromatic N) is 2. The van der Waals surface area contributed by atoms with E-state index in [4.69, 9.17) is 15.0 Å². The lowest BCUT2D eigenvalue weighted by molar-refractivity contribution is 0.380. The van der Waals surface area contributed by atoms with Crippen LogP contribution in [0.1, 0.15) is 11.5 Å². The van der Waals surface area contributed by atoms with Crippen molar-refractivity contribution in [1.82, 2.24) is 10.1 Å². The van der Waals surface area contributed by atoms with Crippen molar-refractivity contribution in [3.05, 3.63) is 29.4 Å². The predicted molar refractivity (Wildman–Crippen MR) is 58.9 cm³/mol. The Morgan fingerprint density at radius 2 is 2.24 bits per heavy atom. The van der Waals surface area contributed by atoms with Gasteiger partial charge in [-0.3, -0.25) is 0 Å². The van der Waals surface area contributed by atoms with Crippen LogP contribution in [0, 0.1) is 12.7 Å². The molecule has 0 spiro atoms. The Kier molecular flexibility index (Phi) is 3.06. The van der Waals surface area contributed by atoms with E-state index in [0.717, 1.165) is 5.56 Å². The van der Waals surface area contributed by atoms with Gasteiger partial charge in [-0.2, -0.15) is 4.98 Å². The average molecular weight is 237 g/mol. The largest absolute Gasteiger partial charge is 0.496 e. The van der Waals surface area contributed by atoms with Gasteiger partial charge in [-0.25, -0.2) is 4.39 Å². The summed E-state index contributed by atoms with van der Waals surface area (Å²) >= 11 is 0. The molecule has 0 unspecified atom stereocenters. The van der Waals surface area contributed by atoms with Crippen molar-refractivity contribution in [2.24, 2.45) is 5.73 Å². The second-order valence-electron chi connectivity index (χ2n) is 3.50. The van der Waals surface area contributed by atoms with Crippen LogP contribution in [0.2, 0.25) is 0 Å². The molecule has 2 N–H and O–H groups in total. The molecule has 0 aliphatic heterocycles. The molecule has 0 bridgehead atoms. The van der Waals surface area contributed by atoms with Gasteiger partial charge >= 0.3 is 0 Å². The van der Waals surface area contributed by atoms with E-state index in [1.54, 1.807) is 6.92 Å². The zero-order chi connectivity index (χ0) is 12.4. The van der Waals surface area contributed by atoms with E-state index in [1.807, 2.05) is 0 Å². The highest BCUT2D eigenvalue weighted by molar-refractivity contribution is 5.63. The Morgan fingerprint density at radius 1 is 1.47 bits per heavy atom. The summed E-state index contributed by atoms with van der Waals surface area (Å²) < 4.78 is 23.3. The zero-order valence-electron chi connectivity index (χ0n) is 9.53. The van der Waals surface area contributed by atoms with E-state index in [9.17, 15) is 4.39 Å². The maximum Gasteiger partial charge on any atom is 0.240 e. The molecule has 1 heterocycles. The van der Waals surface area contributed by atoms with Crippen molar-refractivity contribution in [2.45, 2.75) is 13.5 Å². The number of hydrogen-bond donors (Lipinski definition) is 1. The molecule has 0 radical (unpaired) electrons. The maximum atomic E-state index is 13.4. The molecule has 0 aliphatic carbocycles. The third-order valence-corrected chi connectivity index (χ3v) is 2.43. The monoisotopic (exact) mass is 237 g/mol. The van der Waals surface area contributed by atoms with Gasteiger partial charge in [0.05, 0.1) is 13.7 Å². The Hall–Kier alpha value is -1.95. The fourth-order valence-corrected chi connectivity index (χ4v) is 1.55. The molecule has 17 heavy (non-hydrogen) atoms. The fourth-order valence-electron chi connectivity index (χ4n) is 1.55. The molecule has 90 valence electrons. The smallest absolute Gasteiger partial charge is 0.240 e. The van der Waals surface area contributed by atoms with Crippen LogP contribution < -0.4 is 10.5 Å². The maximum absolute atomic E-state index is 13.4. The van der Waals surface area contributed by atoms with Crippen LogP contribution in [0.3, 0.4) is 0 Å². The zero-order valence-corrected chi connectivity index (χ0v) is 9.53. The number of nitrogens with two attached hydrogens (primary N) is 1. The third kappa shape index (κ3) is 2.12. The molecule has 0 fully saturated rings. The highest BCUT2D eigenvalue weighted by Crippen LogP contribution is 2.29. The minimum Gasteiger partial charge on any atom is -0.496 e. The Bertz CT molecular complexity index is 540. The molecule has 2 aromatic rings. The molecule has 2 rings (SSSR count). The van der Waals surface area contributed by atoms with Gasteiger partial charge in [-0.05, 0) is 13.0 Å². The summed E-state index contributed by atoms with van der Waals surface area (Å²) in [7, 11) is 1.48. The van der Waals surface area contributed by atoms with Gasteiger partial charge in [0, 0.05) is 17.2 Å². The van der Waals surface area contributed by atoms with Crippen molar-refractivity contribution < 1.29 is 13.7 Å². The average Bonchev–Trinajstić information content (AvgIpc) is 2.80. The highest BCUT2D eigenvalue weighted by Gasteiger charge is 2.14. The third-order valence-electron chi connectivity index (χ3n) is 2.43. The van der Waals surface area contributed by atoms with Crippen molar-refractivity contribution in [2.75, 3.05) is 7.11 Å². The van der Waals surface area contributed by atoms with Crippen molar-refractivity contribution >= 4 is 0 Å². The fraction of sp³-hybridized carbons (Fsp3) is 0.273.